The Morgan fingerprint density at radius 2 is 0.710 bits per heavy atom. The van der Waals surface area contributed by atoms with Crippen LogP contribution in [0.1, 0.15) is 74.9 Å². The van der Waals surface area contributed by atoms with E-state index in [9.17, 15) is 0 Å². The van der Waals surface area contributed by atoms with Crippen molar-refractivity contribution in [2.24, 2.45) is 0 Å². The Labute approximate surface area is 403 Å². The lowest BCUT2D eigenvalue weighted by Crippen LogP contribution is -2.15. The second-order valence-electron chi connectivity index (χ2n) is 21.3. The molecule has 0 saturated carbocycles. The van der Waals surface area contributed by atoms with Gasteiger partial charge >= 0.3 is 0 Å². The van der Waals surface area contributed by atoms with Gasteiger partial charge in [-0.25, -0.2) is 0 Å². The lowest BCUT2D eigenvalue weighted by atomic mass is 9.86. The number of aryl methyl sites for hydroxylation is 4. The summed E-state index contributed by atoms with van der Waals surface area (Å²) in [6.07, 6.45) is 0. The van der Waals surface area contributed by atoms with E-state index in [4.69, 9.17) is 13.3 Å². The number of furan rings is 3. The molecule has 0 radical (unpaired) electrons. The molecule has 340 valence electrons. The topological polar surface area (TPSA) is 45.9 Å². The molecule has 0 aliphatic rings. The number of benzene rings is 9. The molecular formula is C64H56N2O3. The maximum absolute atomic E-state index is 7.39. The van der Waals surface area contributed by atoms with Crippen LogP contribution in [0.5, 0.6) is 0 Å². The van der Waals surface area contributed by atoms with E-state index in [0.717, 1.165) is 122 Å². The molecular weight excluding hydrogens is 845 g/mol. The minimum Gasteiger partial charge on any atom is -0.454 e. The number of para-hydroxylation sites is 5. The highest BCUT2D eigenvalue weighted by Crippen LogP contribution is 2.56. The Bertz CT molecular complexity index is 4010. The molecule has 0 fully saturated rings. The van der Waals surface area contributed by atoms with Crippen LogP contribution in [0, 0.1) is 27.7 Å². The van der Waals surface area contributed by atoms with Crippen molar-refractivity contribution in [3.05, 3.63) is 191 Å². The Kier molecular flexibility index (Phi) is 9.49. The van der Waals surface area contributed by atoms with Crippen molar-refractivity contribution in [3.8, 4) is 0 Å². The van der Waals surface area contributed by atoms with E-state index >= 15 is 0 Å². The quantitative estimate of drug-likeness (QED) is 0.156. The molecule has 0 bridgehead atoms. The number of hydrogen-bond acceptors (Lipinski definition) is 5. The predicted octanol–water partition coefficient (Wildman–Crippen LogP) is 19.3. The SMILES string of the molecule is Cc1cc(C)cc(N(c2cccc3c2oc2c(C(C)(C)C)cccc23)c2c3ccccc3c(N(c3cc(C)cc(C)c3)c3cccc4c3oc3c(C(C)(C)C)cccc34)c3c2oc2ccccc23)c1. The van der Waals surface area contributed by atoms with Crippen molar-refractivity contribution in [3.63, 3.8) is 0 Å². The average Bonchev–Trinajstić information content (AvgIpc) is 4.01. The number of hydrogen-bond donors (Lipinski definition) is 0. The molecule has 0 aliphatic carbocycles. The molecule has 0 aliphatic heterocycles. The number of nitrogens with zero attached hydrogens (tertiary/aromatic N) is 2. The second-order valence-corrected chi connectivity index (χ2v) is 21.3. The highest BCUT2D eigenvalue weighted by molar-refractivity contribution is 6.29. The van der Waals surface area contributed by atoms with E-state index in [0.29, 0.717) is 0 Å². The molecule has 0 atom stereocenters. The van der Waals surface area contributed by atoms with Crippen LogP contribution < -0.4 is 9.80 Å². The zero-order valence-corrected chi connectivity index (χ0v) is 41.1. The fraction of sp³-hybridized carbons (Fsp3) is 0.188. The first kappa shape index (κ1) is 42.6. The molecule has 69 heavy (non-hydrogen) atoms. The summed E-state index contributed by atoms with van der Waals surface area (Å²) >= 11 is 0. The van der Waals surface area contributed by atoms with Gasteiger partial charge in [0.05, 0.1) is 28.1 Å². The van der Waals surface area contributed by atoms with E-state index < -0.39 is 0 Å². The van der Waals surface area contributed by atoms with E-state index in [1.54, 1.807) is 0 Å². The lowest BCUT2D eigenvalue weighted by Gasteiger charge is -2.32. The van der Waals surface area contributed by atoms with Gasteiger partial charge in [-0.1, -0.05) is 157 Å². The van der Waals surface area contributed by atoms with E-state index in [1.165, 1.54) is 22.3 Å². The molecule has 3 heterocycles. The average molecular weight is 901 g/mol. The van der Waals surface area contributed by atoms with E-state index in [1.807, 2.05) is 0 Å². The highest BCUT2D eigenvalue weighted by atomic mass is 16.3. The fourth-order valence-corrected chi connectivity index (χ4v) is 11.1. The summed E-state index contributed by atoms with van der Waals surface area (Å²) in [5.41, 5.74) is 17.7. The van der Waals surface area contributed by atoms with Crippen LogP contribution in [0.2, 0.25) is 0 Å². The zero-order chi connectivity index (χ0) is 47.7. The van der Waals surface area contributed by atoms with Crippen LogP contribution in [0.15, 0.2) is 171 Å². The zero-order valence-electron chi connectivity index (χ0n) is 41.1. The Morgan fingerprint density at radius 1 is 0.333 bits per heavy atom. The van der Waals surface area contributed by atoms with E-state index in [2.05, 4.69) is 237 Å². The molecule has 9 aromatic carbocycles. The van der Waals surface area contributed by atoms with Gasteiger partial charge < -0.3 is 23.1 Å². The molecule has 5 heteroatoms. The van der Waals surface area contributed by atoms with Crippen molar-refractivity contribution in [1.82, 2.24) is 0 Å². The van der Waals surface area contributed by atoms with Gasteiger partial charge in [0.2, 0.25) is 0 Å². The summed E-state index contributed by atoms with van der Waals surface area (Å²) in [7, 11) is 0. The molecule has 0 unspecified atom stereocenters. The predicted molar refractivity (Wildman–Crippen MR) is 291 cm³/mol. The maximum Gasteiger partial charge on any atom is 0.162 e. The Morgan fingerprint density at radius 3 is 1.17 bits per heavy atom. The third-order valence-electron chi connectivity index (χ3n) is 14.0. The van der Waals surface area contributed by atoms with Gasteiger partial charge in [-0.3, -0.25) is 0 Å². The summed E-state index contributed by atoms with van der Waals surface area (Å²) in [5.74, 6) is 0. The lowest BCUT2D eigenvalue weighted by molar-refractivity contribution is 0.572. The van der Waals surface area contributed by atoms with Crippen molar-refractivity contribution in [2.75, 3.05) is 9.80 Å². The summed E-state index contributed by atoms with van der Waals surface area (Å²) in [4.78, 5) is 4.83. The third kappa shape index (κ3) is 6.73. The highest BCUT2D eigenvalue weighted by Gasteiger charge is 2.33. The van der Waals surface area contributed by atoms with Crippen molar-refractivity contribution >= 4 is 111 Å². The van der Waals surface area contributed by atoms with Crippen LogP contribution in [-0.4, -0.2) is 0 Å². The van der Waals surface area contributed by atoms with Crippen molar-refractivity contribution < 1.29 is 13.3 Å². The summed E-state index contributed by atoms with van der Waals surface area (Å²) in [6, 6.07) is 57.2. The number of rotatable bonds is 6. The minimum atomic E-state index is -0.128. The largest absolute Gasteiger partial charge is 0.454 e. The first-order valence-electron chi connectivity index (χ1n) is 24.2. The minimum absolute atomic E-state index is 0.127. The first-order chi connectivity index (χ1) is 33.1. The first-order valence-corrected chi connectivity index (χ1v) is 24.2. The molecule has 3 aromatic heterocycles. The Balaban J connectivity index is 1.25. The Hall–Kier alpha value is -7.76. The van der Waals surface area contributed by atoms with Crippen molar-refractivity contribution in [1.29, 1.82) is 0 Å². The van der Waals surface area contributed by atoms with Crippen LogP contribution >= 0.6 is 0 Å². The van der Waals surface area contributed by atoms with Gasteiger partial charge in [0.15, 0.2) is 16.7 Å². The van der Waals surface area contributed by atoms with Gasteiger partial charge in [-0.2, -0.15) is 0 Å². The van der Waals surface area contributed by atoms with Crippen LogP contribution in [0.3, 0.4) is 0 Å². The maximum atomic E-state index is 7.39. The third-order valence-corrected chi connectivity index (χ3v) is 14.0. The molecule has 0 spiro atoms. The van der Waals surface area contributed by atoms with Crippen LogP contribution in [0.25, 0.3) is 76.6 Å². The van der Waals surface area contributed by atoms with Gasteiger partial charge in [0, 0.05) is 60.2 Å². The molecule has 12 rings (SSSR count). The molecule has 0 amide bonds. The molecule has 0 N–H and O–H groups in total. The van der Waals surface area contributed by atoms with Gasteiger partial charge in [-0.15, -0.1) is 0 Å². The number of fused-ring (bicyclic) bond motifs is 10. The summed E-state index contributed by atoms with van der Waals surface area (Å²) in [6.45, 7) is 22.2. The van der Waals surface area contributed by atoms with Gasteiger partial charge in [-0.05, 0) is 103 Å². The molecule has 5 nitrogen and oxygen atoms in total. The molecule has 0 saturated heterocycles. The molecule has 12 aromatic rings. The number of anilines is 6. The van der Waals surface area contributed by atoms with Crippen molar-refractivity contribution in [2.45, 2.75) is 80.1 Å². The fourth-order valence-electron chi connectivity index (χ4n) is 11.1. The summed E-state index contributed by atoms with van der Waals surface area (Å²) < 4.78 is 21.8. The smallest absolute Gasteiger partial charge is 0.162 e. The van der Waals surface area contributed by atoms with Crippen LogP contribution in [0.4, 0.5) is 34.1 Å². The standard InChI is InChI=1S/C64H56N2O3/c1-37-31-38(2)34-41(33-37)65(52-28-17-24-47-45-22-15-26-50(63(5,6)7)58(45)68-60(47)52)56-43-19-11-12-20-44(43)57(62-55(56)49-21-13-14-30-54(49)67-62)66(42-35-39(3)32-40(4)36-42)53-29-18-25-48-46-23-16-27-51(64(8,9)10)59(46)69-61(48)53/h11-36H,1-10H3. The second kappa shape index (κ2) is 15.4. The monoisotopic (exact) mass is 900 g/mol. The van der Waals surface area contributed by atoms with Gasteiger partial charge in [0.25, 0.3) is 0 Å². The van der Waals surface area contributed by atoms with Gasteiger partial charge in [0.1, 0.15) is 16.7 Å². The summed E-state index contributed by atoms with van der Waals surface area (Å²) in [5, 5.41) is 8.48. The van der Waals surface area contributed by atoms with Crippen LogP contribution in [-0.2, 0) is 10.8 Å². The van der Waals surface area contributed by atoms with E-state index in [-0.39, 0.29) is 10.8 Å². The normalized spacial score (nSPS) is 12.5.